The predicted molar refractivity (Wildman–Crippen MR) is 125 cm³/mol. The van der Waals surface area contributed by atoms with Gasteiger partial charge in [-0.15, -0.1) is 11.8 Å². The minimum absolute atomic E-state index is 0.00405. The molecule has 2 aromatic heterocycles. The molecule has 0 atom stereocenters. The second-order valence-corrected chi connectivity index (χ2v) is 10.5. The highest BCUT2D eigenvalue weighted by molar-refractivity contribution is 8.01. The van der Waals surface area contributed by atoms with Gasteiger partial charge in [-0.25, -0.2) is 14.1 Å². The highest BCUT2D eigenvalue weighted by Crippen LogP contribution is 2.43. The van der Waals surface area contributed by atoms with Crippen LogP contribution in [0.25, 0.3) is 27.5 Å². The Morgan fingerprint density at radius 2 is 1.85 bits per heavy atom. The number of thiazole rings is 1. The van der Waals surface area contributed by atoms with E-state index in [1.54, 1.807) is 34.8 Å². The molecule has 0 amide bonds. The molecular weight excluding hydrogens is 472 g/mol. The molecule has 10 heteroatoms. The predicted octanol–water partition coefficient (Wildman–Crippen LogP) is 7.21. The van der Waals surface area contributed by atoms with Crippen molar-refractivity contribution >= 4 is 28.8 Å². The molecule has 0 bridgehead atoms. The summed E-state index contributed by atoms with van der Waals surface area (Å²) in [6, 6.07) is 9.53. The zero-order valence-corrected chi connectivity index (χ0v) is 19.6. The van der Waals surface area contributed by atoms with Crippen LogP contribution in [0, 0.1) is 12.7 Å². The topological polar surface area (TPSA) is 56.7 Å². The number of hydrogen-bond donors (Lipinski definition) is 1. The first-order valence-corrected chi connectivity index (χ1v) is 11.7. The van der Waals surface area contributed by atoms with Crippen LogP contribution in [0.1, 0.15) is 25.1 Å². The Labute approximate surface area is 196 Å². The minimum atomic E-state index is -4.48. The summed E-state index contributed by atoms with van der Waals surface area (Å²) >= 11 is 2.93. The maximum Gasteiger partial charge on any atom is 0.416 e. The molecule has 4 aromatic rings. The number of aryl methyl sites for hydroxylation is 1. The number of nitrogens with two attached hydrogens (primary N) is 1. The van der Waals surface area contributed by atoms with E-state index in [9.17, 15) is 17.6 Å². The van der Waals surface area contributed by atoms with E-state index in [1.807, 2.05) is 20.8 Å². The quantitative estimate of drug-likeness (QED) is 0.182. The van der Waals surface area contributed by atoms with Gasteiger partial charge in [-0.1, -0.05) is 43.4 Å². The van der Waals surface area contributed by atoms with Gasteiger partial charge in [0.2, 0.25) is 5.13 Å². The minimum Gasteiger partial charge on any atom is -0.398 e. The fourth-order valence-corrected chi connectivity index (χ4v) is 5.74. The third kappa shape index (κ3) is 4.91. The molecule has 33 heavy (non-hydrogen) atoms. The summed E-state index contributed by atoms with van der Waals surface area (Å²) in [6.45, 7) is 5.86. The van der Waals surface area contributed by atoms with Crippen LogP contribution in [0.15, 0.2) is 52.9 Å². The maximum atomic E-state index is 13.7. The number of aromatic nitrogens is 3. The van der Waals surface area contributed by atoms with Gasteiger partial charge in [-0.2, -0.15) is 18.3 Å². The van der Waals surface area contributed by atoms with Gasteiger partial charge < -0.3 is 5.73 Å². The number of hydrogen-bond acceptors (Lipinski definition) is 5. The van der Waals surface area contributed by atoms with Crippen molar-refractivity contribution in [3.63, 3.8) is 0 Å². The lowest BCUT2D eigenvalue weighted by atomic mass is 10.1. The smallest absolute Gasteiger partial charge is 0.398 e. The van der Waals surface area contributed by atoms with Gasteiger partial charge in [0, 0.05) is 28.3 Å². The Hall–Kier alpha value is -2.85. The Morgan fingerprint density at radius 3 is 2.48 bits per heavy atom. The van der Waals surface area contributed by atoms with Crippen LogP contribution < -0.4 is 5.73 Å². The van der Waals surface area contributed by atoms with Gasteiger partial charge in [0.25, 0.3) is 0 Å². The molecule has 2 heterocycles. The summed E-state index contributed by atoms with van der Waals surface area (Å²) in [6.07, 6.45) is -2.71. The highest BCUT2D eigenvalue weighted by Gasteiger charge is 2.31. The number of thioether (sulfide) groups is 1. The van der Waals surface area contributed by atoms with Crippen LogP contribution in [0.5, 0.6) is 0 Å². The summed E-state index contributed by atoms with van der Waals surface area (Å²) in [5, 5.41) is 5.29. The average Bonchev–Trinajstić information content (AvgIpc) is 3.30. The summed E-state index contributed by atoms with van der Waals surface area (Å²) in [4.78, 5) is 4.68. The lowest BCUT2D eigenvalue weighted by Gasteiger charge is -2.11. The molecular formula is C23H20F4N4S2. The lowest BCUT2D eigenvalue weighted by molar-refractivity contribution is -0.137. The largest absolute Gasteiger partial charge is 0.416 e. The standard InChI is InChI=1S/C23H20F4N4S2/c1-12(2)32-21-20(17-8-7-15(10-19(17)28)23(25,26)27)29-22(33-21)31-11-18(13(3)30-31)14-5-4-6-16(24)9-14/h4-12H,28H2,1-3H3. The van der Waals surface area contributed by atoms with E-state index in [2.05, 4.69) is 10.1 Å². The van der Waals surface area contributed by atoms with Crippen molar-refractivity contribution in [2.45, 2.75) is 36.4 Å². The number of rotatable bonds is 5. The Balaban J connectivity index is 1.79. The van der Waals surface area contributed by atoms with Crippen molar-refractivity contribution in [1.82, 2.24) is 14.8 Å². The molecule has 0 saturated heterocycles. The summed E-state index contributed by atoms with van der Waals surface area (Å²) in [5.41, 5.74) is 8.31. The number of halogens is 4. The molecule has 4 nitrogen and oxygen atoms in total. The number of nitrogen functional groups attached to an aromatic ring is 1. The van der Waals surface area contributed by atoms with Gasteiger partial charge in [0.05, 0.1) is 21.2 Å². The molecule has 0 aliphatic carbocycles. The van der Waals surface area contributed by atoms with E-state index in [4.69, 9.17) is 5.73 Å². The van der Waals surface area contributed by atoms with Crippen LogP contribution >= 0.6 is 23.1 Å². The zero-order valence-electron chi connectivity index (χ0n) is 17.9. The fraction of sp³-hybridized carbons (Fsp3) is 0.217. The maximum absolute atomic E-state index is 13.7. The molecule has 0 spiro atoms. The van der Waals surface area contributed by atoms with Crippen molar-refractivity contribution in [1.29, 1.82) is 0 Å². The van der Waals surface area contributed by atoms with E-state index >= 15 is 0 Å². The van der Waals surface area contributed by atoms with Crippen LogP contribution in [0.4, 0.5) is 23.2 Å². The van der Waals surface area contributed by atoms with E-state index in [0.29, 0.717) is 27.6 Å². The molecule has 2 N–H and O–H groups in total. The van der Waals surface area contributed by atoms with E-state index in [1.165, 1.54) is 29.5 Å². The molecule has 0 radical (unpaired) electrons. The second kappa shape index (κ2) is 8.83. The van der Waals surface area contributed by atoms with Crippen molar-refractivity contribution in [3.05, 3.63) is 65.7 Å². The van der Waals surface area contributed by atoms with E-state index < -0.39 is 11.7 Å². The summed E-state index contributed by atoms with van der Waals surface area (Å²) in [5.74, 6) is -0.343. The van der Waals surface area contributed by atoms with Gasteiger partial charge in [0.15, 0.2) is 0 Å². The molecule has 2 aromatic carbocycles. The number of nitrogens with zero attached hydrogens (tertiary/aromatic N) is 3. The van der Waals surface area contributed by atoms with Crippen LogP contribution in [-0.2, 0) is 6.18 Å². The van der Waals surface area contributed by atoms with Gasteiger partial charge in [-0.05, 0) is 36.8 Å². The van der Waals surface area contributed by atoms with Crippen molar-refractivity contribution in [3.8, 4) is 27.5 Å². The summed E-state index contributed by atoms with van der Waals surface area (Å²) < 4.78 is 55.4. The SMILES string of the molecule is Cc1nn(-c2nc(-c3ccc(C(F)(F)F)cc3N)c(SC(C)C)s2)cc1-c1cccc(F)c1. The molecule has 0 fully saturated rings. The Bertz CT molecular complexity index is 1310. The molecule has 0 aliphatic heterocycles. The summed E-state index contributed by atoms with van der Waals surface area (Å²) in [7, 11) is 0. The first-order valence-electron chi connectivity index (χ1n) is 10.00. The van der Waals surface area contributed by atoms with E-state index in [0.717, 1.165) is 21.9 Å². The van der Waals surface area contributed by atoms with Crippen molar-refractivity contribution in [2.24, 2.45) is 0 Å². The van der Waals surface area contributed by atoms with Crippen LogP contribution in [-0.4, -0.2) is 20.0 Å². The first-order chi connectivity index (χ1) is 15.5. The number of anilines is 1. The molecule has 0 saturated carbocycles. The molecule has 0 unspecified atom stereocenters. The van der Waals surface area contributed by atoms with Crippen molar-refractivity contribution in [2.75, 3.05) is 5.73 Å². The zero-order chi connectivity index (χ0) is 23.9. The highest BCUT2D eigenvalue weighted by atomic mass is 32.2. The number of alkyl halides is 3. The van der Waals surface area contributed by atoms with E-state index in [-0.39, 0.29) is 16.8 Å². The average molecular weight is 493 g/mol. The van der Waals surface area contributed by atoms with Crippen LogP contribution in [0.3, 0.4) is 0 Å². The lowest BCUT2D eigenvalue weighted by Crippen LogP contribution is -2.06. The molecule has 0 aliphatic rings. The Morgan fingerprint density at radius 1 is 1.09 bits per heavy atom. The van der Waals surface area contributed by atoms with Gasteiger partial charge in [-0.3, -0.25) is 0 Å². The first kappa shape index (κ1) is 23.3. The van der Waals surface area contributed by atoms with Gasteiger partial charge >= 0.3 is 6.18 Å². The van der Waals surface area contributed by atoms with Crippen molar-refractivity contribution < 1.29 is 17.6 Å². The molecule has 172 valence electrons. The fourth-order valence-electron chi connectivity index (χ4n) is 3.31. The van der Waals surface area contributed by atoms with Gasteiger partial charge in [0.1, 0.15) is 5.82 Å². The third-order valence-corrected chi connectivity index (χ3v) is 7.05. The Kier molecular flexibility index (Phi) is 6.24. The third-order valence-electron chi connectivity index (χ3n) is 4.79. The van der Waals surface area contributed by atoms with Crippen LogP contribution in [0.2, 0.25) is 0 Å². The second-order valence-electron chi connectivity index (χ2n) is 7.68. The molecule has 4 rings (SSSR count). The monoisotopic (exact) mass is 492 g/mol. The number of benzene rings is 2. The normalized spacial score (nSPS) is 12.0.